The molecular weight excluding hydrogens is 554 g/mol. The number of aryl methyl sites for hydroxylation is 1. The number of aromatic nitrogens is 7. The Morgan fingerprint density at radius 2 is 1.82 bits per heavy atom. The Labute approximate surface area is 236 Å². The van der Waals surface area contributed by atoms with Crippen LogP contribution in [0.15, 0.2) is 76.3 Å². The number of hydrogen-bond acceptors (Lipinski definition) is 5. The molecule has 39 heavy (non-hydrogen) atoms. The summed E-state index contributed by atoms with van der Waals surface area (Å²) in [6.07, 6.45) is 6.70. The lowest BCUT2D eigenvalue weighted by Gasteiger charge is -2.23. The van der Waals surface area contributed by atoms with Crippen LogP contribution in [0.3, 0.4) is 0 Å². The minimum atomic E-state index is -0.119. The van der Waals surface area contributed by atoms with Gasteiger partial charge in [-0.25, -0.2) is 9.89 Å². The van der Waals surface area contributed by atoms with Crippen LogP contribution < -0.4 is 5.69 Å². The van der Waals surface area contributed by atoms with Crippen LogP contribution >= 0.6 is 15.9 Å². The third kappa shape index (κ3) is 5.49. The Bertz CT molecular complexity index is 1630. The Morgan fingerprint density at radius 1 is 1.03 bits per heavy atom. The maximum absolute atomic E-state index is 13.9. The van der Waals surface area contributed by atoms with Gasteiger partial charge in [0.05, 0.1) is 17.9 Å². The van der Waals surface area contributed by atoms with Crippen LogP contribution in [0.2, 0.25) is 0 Å². The molecule has 0 amide bonds. The number of hydrogen-bond donors (Lipinski definition) is 1. The average molecular weight is 587 g/mol. The number of nitrogens with one attached hydrogen (secondary N) is 1. The molecule has 0 aliphatic heterocycles. The molecule has 0 saturated carbocycles. The molecule has 0 spiro atoms. The summed E-state index contributed by atoms with van der Waals surface area (Å²) in [5.74, 6) is 0.567. The van der Waals surface area contributed by atoms with E-state index in [0.717, 1.165) is 63.1 Å². The molecule has 0 bridgehead atoms. The molecule has 0 aliphatic carbocycles. The third-order valence-corrected chi connectivity index (χ3v) is 7.50. The molecule has 200 valence electrons. The largest absolute Gasteiger partial charge is 0.333 e. The summed E-state index contributed by atoms with van der Waals surface area (Å²) >= 11 is 3.72. The zero-order chi connectivity index (χ0) is 27.6. The van der Waals surface area contributed by atoms with E-state index in [-0.39, 0.29) is 11.1 Å². The quantitative estimate of drug-likeness (QED) is 0.229. The number of rotatable bonds is 8. The summed E-state index contributed by atoms with van der Waals surface area (Å²) in [4.78, 5) is 18.5. The highest BCUT2D eigenvalue weighted by Gasteiger charge is 2.23. The van der Waals surface area contributed by atoms with E-state index in [1.54, 1.807) is 6.20 Å². The zero-order valence-corrected chi connectivity index (χ0v) is 24.2. The molecule has 0 fully saturated rings. The number of pyridine rings is 1. The summed E-state index contributed by atoms with van der Waals surface area (Å²) in [7, 11) is 0. The molecule has 9 heteroatoms. The number of halogens is 1. The number of benzene rings is 2. The molecule has 0 radical (unpaired) electrons. The smallest absolute Gasteiger partial charge is 0.292 e. The molecule has 1 N–H and O–H groups in total. The van der Waals surface area contributed by atoms with E-state index in [1.807, 2.05) is 51.7 Å². The van der Waals surface area contributed by atoms with Gasteiger partial charge in [-0.1, -0.05) is 70.5 Å². The normalized spacial score (nSPS) is 11.7. The van der Waals surface area contributed by atoms with Gasteiger partial charge >= 0.3 is 5.69 Å². The van der Waals surface area contributed by atoms with Gasteiger partial charge in [-0.05, 0) is 73.9 Å². The number of nitrogens with zero attached hydrogens (tertiary/aromatic N) is 6. The summed E-state index contributed by atoms with van der Waals surface area (Å²) < 4.78 is 4.63. The van der Waals surface area contributed by atoms with E-state index in [9.17, 15) is 4.79 Å². The molecule has 8 nitrogen and oxygen atoms in total. The minimum Gasteiger partial charge on any atom is -0.292 e. The number of imidazole rings is 1. The van der Waals surface area contributed by atoms with Crippen LogP contribution in [0, 0.1) is 0 Å². The van der Waals surface area contributed by atoms with Gasteiger partial charge in [0.1, 0.15) is 0 Å². The maximum Gasteiger partial charge on any atom is 0.333 e. The number of para-hydroxylation sites is 1. The van der Waals surface area contributed by atoms with E-state index in [2.05, 4.69) is 87.4 Å². The first kappa shape index (κ1) is 26.7. The third-order valence-electron chi connectivity index (χ3n) is 6.86. The van der Waals surface area contributed by atoms with Crippen molar-refractivity contribution in [3.8, 4) is 28.3 Å². The van der Waals surface area contributed by atoms with Gasteiger partial charge in [-0.2, -0.15) is 0 Å². The van der Waals surface area contributed by atoms with E-state index in [1.165, 1.54) is 0 Å². The molecule has 2 aromatic carbocycles. The standard InChI is InChI=1S/C30H32BrN7O/c1-5-6-9-22-19-38(27-24(30(2,3)4)11-7-12-25(27)31)29(39)37(22)18-20-13-15-21(16-14-20)26-23(10-8-17-32-26)28-33-35-36-34-28/h7-8,10-17,19H,5-6,9,18H2,1-4H3,(H,33,34,35,36). The molecule has 0 aliphatic rings. The van der Waals surface area contributed by atoms with Crippen molar-refractivity contribution in [3.63, 3.8) is 0 Å². The van der Waals surface area contributed by atoms with Gasteiger partial charge in [-0.15, -0.1) is 5.10 Å². The molecule has 0 saturated heterocycles. The van der Waals surface area contributed by atoms with E-state index in [0.29, 0.717) is 12.4 Å². The number of aromatic amines is 1. The highest BCUT2D eigenvalue weighted by Crippen LogP contribution is 2.33. The fourth-order valence-corrected chi connectivity index (χ4v) is 5.39. The fourth-order valence-electron chi connectivity index (χ4n) is 4.83. The second kappa shape index (κ2) is 11.1. The predicted molar refractivity (Wildman–Crippen MR) is 157 cm³/mol. The SMILES string of the molecule is CCCCc1cn(-c2c(Br)cccc2C(C)(C)C)c(=O)n1Cc1ccc(-c2ncccc2-c2nnn[nH]2)cc1. The van der Waals surface area contributed by atoms with Gasteiger partial charge < -0.3 is 0 Å². The number of tetrazole rings is 1. The summed E-state index contributed by atoms with van der Waals surface area (Å²) in [5.41, 5.74) is 6.52. The molecule has 5 aromatic rings. The van der Waals surface area contributed by atoms with Gasteiger partial charge in [0, 0.05) is 33.7 Å². The van der Waals surface area contributed by atoms with Crippen molar-refractivity contribution in [1.82, 2.24) is 34.7 Å². The summed E-state index contributed by atoms with van der Waals surface area (Å²) in [5, 5.41) is 14.2. The van der Waals surface area contributed by atoms with Crippen molar-refractivity contribution in [3.05, 3.63) is 98.8 Å². The monoisotopic (exact) mass is 585 g/mol. The highest BCUT2D eigenvalue weighted by molar-refractivity contribution is 9.10. The van der Waals surface area contributed by atoms with Crippen LogP contribution in [-0.2, 0) is 18.4 Å². The molecule has 0 atom stereocenters. The van der Waals surface area contributed by atoms with Gasteiger partial charge in [0.2, 0.25) is 0 Å². The molecule has 5 rings (SSSR count). The maximum atomic E-state index is 13.9. The van der Waals surface area contributed by atoms with Gasteiger partial charge in [-0.3, -0.25) is 14.1 Å². The van der Waals surface area contributed by atoms with Crippen LogP contribution in [0.25, 0.3) is 28.3 Å². The van der Waals surface area contributed by atoms with Crippen molar-refractivity contribution < 1.29 is 0 Å². The highest BCUT2D eigenvalue weighted by atomic mass is 79.9. The van der Waals surface area contributed by atoms with Gasteiger partial charge in [0.25, 0.3) is 0 Å². The van der Waals surface area contributed by atoms with Crippen molar-refractivity contribution in [2.45, 2.75) is 58.9 Å². The van der Waals surface area contributed by atoms with E-state index < -0.39 is 0 Å². The topological polar surface area (TPSA) is 94.3 Å². The van der Waals surface area contributed by atoms with Crippen LogP contribution in [0.1, 0.15) is 57.4 Å². The molecule has 3 aromatic heterocycles. The Kier molecular flexibility index (Phi) is 7.61. The Hall–Kier alpha value is -3.85. The second-order valence-corrected chi connectivity index (χ2v) is 11.5. The van der Waals surface area contributed by atoms with Crippen LogP contribution in [-0.4, -0.2) is 34.7 Å². The lowest BCUT2D eigenvalue weighted by atomic mass is 9.86. The zero-order valence-electron chi connectivity index (χ0n) is 22.6. The molecule has 0 unspecified atom stereocenters. The second-order valence-electron chi connectivity index (χ2n) is 10.7. The van der Waals surface area contributed by atoms with Crippen molar-refractivity contribution >= 4 is 15.9 Å². The van der Waals surface area contributed by atoms with E-state index >= 15 is 0 Å². The van der Waals surface area contributed by atoms with Crippen LogP contribution in [0.4, 0.5) is 0 Å². The van der Waals surface area contributed by atoms with Crippen molar-refractivity contribution in [2.75, 3.05) is 0 Å². The molecule has 3 heterocycles. The fraction of sp³-hybridized carbons (Fsp3) is 0.300. The van der Waals surface area contributed by atoms with Crippen LogP contribution in [0.5, 0.6) is 0 Å². The average Bonchev–Trinajstić information content (AvgIpc) is 3.56. The van der Waals surface area contributed by atoms with Gasteiger partial charge in [0.15, 0.2) is 5.82 Å². The number of H-pyrrole nitrogens is 1. The molecular formula is C30H32BrN7O. The Balaban J connectivity index is 1.52. The Morgan fingerprint density at radius 3 is 2.51 bits per heavy atom. The lowest BCUT2D eigenvalue weighted by molar-refractivity contribution is 0.584. The summed E-state index contributed by atoms with van der Waals surface area (Å²) in [6.45, 7) is 9.18. The summed E-state index contributed by atoms with van der Waals surface area (Å²) in [6, 6.07) is 18.1. The first-order valence-electron chi connectivity index (χ1n) is 13.2. The van der Waals surface area contributed by atoms with Crippen molar-refractivity contribution in [1.29, 1.82) is 0 Å². The first-order chi connectivity index (χ1) is 18.8. The minimum absolute atomic E-state index is 0.0348. The lowest BCUT2D eigenvalue weighted by Crippen LogP contribution is -2.27. The predicted octanol–water partition coefficient (Wildman–Crippen LogP) is 6.33. The van der Waals surface area contributed by atoms with Crippen molar-refractivity contribution in [2.24, 2.45) is 0 Å². The first-order valence-corrected chi connectivity index (χ1v) is 14.0. The number of unbranched alkanes of at least 4 members (excludes halogenated alkanes) is 1. The van der Waals surface area contributed by atoms with E-state index in [4.69, 9.17) is 0 Å².